The molecule has 2 nitrogen and oxygen atoms in total. The minimum Gasteiger partial charge on any atom is -0.330 e. The van der Waals surface area contributed by atoms with E-state index >= 15 is 0 Å². The van der Waals surface area contributed by atoms with Gasteiger partial charge in [-0.2, -0.15) is 0 Å². The first kappa shape index (κ1) is 16.4. The number of hydrogen-bond donors (Lipinski definition) is 1. The van der Waals surface area contributed by atoms with E-state index in [1.54, 1.807) is 0 Å². The summed E-state index contributed by atoms with van der Waals surface area (Å²) < 4.78 is 0. The predicted molar refractivity (Wildman–Crippen MR) is 63.0 cm³/mol. The minimum absolute atomic E-state index is 0. The van der Waals surface area contributed by atoms with Gasteiger partial charge in [-0.1, -0.05) is 64.7 Å². The second kappa shape index (κ2) is 15.4. The molecule has 85 valence electrons. The number of unbranched alkanes of at least 4 members (excludes halogenated alkanes) is 9. The van der Waals surface area contributed by atoms with Crippen LogP contribution in [-0.4, -0.2) is 6.54 Å². The Hall–Kier alpha value is -0.0800. The summed E-state index contributed by atoms with van der Waals surface area (Å²) in [6.07, 6.45) is 13.9. The fourth-order valence-corrected chi connectivity index (χ4v) is 1.63. The molecule has 0 bridgehead atoms. The van der Waals surface area contributed by atoms with Crippen molar-refractivity contribution in [1.29, 1.82) is 0 Å². The van der Waals surface area contributed by atoms with E-state index in [1.807, 2.05) is 0 Å². The summed E-state index contributed by atoms with van der Waals surface area (Å²) in [4.78, 5) is 0. The van der Waals surface area contributed by atoms with Gasteiger partial charge in [-0.25, -0.2) is 0 Å². The topological polar surface area (TPSA) is 56.5 Å². The van der Waals surface area contributed by atoms with Gasteiger partial charge in [0.2, 0.25) is 0 Å². The number of hydrogen-bond acceptors (Lipinski definition) is 1. The Morgan fingerprint density at radius 2 is 1.00 bits per heavy atom. The Kier molecular flexibility index (Phi) is 18.0. The molecule has 0 aromatic carbocycles. The summed E-state index contributed by atoms with van der Waals surface area (Å²) in [5.41, 5.74) is 5.42. The van der Waals surface area contributed by atoms with E-state index in [-0.39, 0.29) is 6.15 Å². The Morgan fingerprint density at radius 1 is 0.643 bits per heavy atom. The van der Waals surface area contributed by atoms with Crippen LogP contribution in [0.4, 0.5) is 0 Å². The van der Waals surface area contributed by atoms with Crippen LogP contribution in [0, 0.1) is 0 Å². The van der Waals surface area contributed by atoms with Gasteiger partial charge in [-0.05, 0) is 13.0 Å². The zero-order valence-corrected chi connectivity index (χ0v) is 9.80. The second-order valence-corrected chi connectivity index (χ2v) is 3.97. The van der Waals surface area contributed by atoms with Gasteiger partial charge in [0.1, 0.15) is 0 Å². The molecule has 14 heavy (non-hydrogen) atoms. The van der Waals surface area contributed by atoms with E-state index in [2.05, 4.69) is 6.92 Å². The van der Waals surface area contributed by atoms with Gasteiger partial charge >= 0.3 is 0 Å². The number of rotatable bonds is 10. The van der Waals surface area contributed by atoms with Gasteiger partial charge in [-0.3, -0.25) is 0 Å². The summed E-state index contributed by atoms with van der Waals surface area (Å²) in [5, 5.41) is 0. The van der Waals surface area contributed by atoms with Gasteiger partial charge in [0, 0.05) is 6.15 Å². The van der Waals surface area contributed by atoms with Crippen molar-refractivity contribution in [2.24, 2.45) is 5.73 Å². The molecule has 2 N–H and O–H groups in total. The molecule has 2 heteroatoms. The molecule has 0 saturated heterocycles. The zero-order chi connectivity index (χ0) is 9.78. The molecule has 3 radical (unpaired) electrons. The first-order chi connectivity index (χ1) is 6.41. The van der Waals surface area contributed by atoms with Crippen LogP contribution < -0.4 is 11.9 Å². The lowest BCUT2D eigenvalue weighted by molar-refractivity contribution is 0.558. The lowest BCUT2D eigenvalue weighted by Gasteiger charge is -2.00. The van der Waals surface area contributed by atoms with Gasteiger partial charge in [-0.15, -0.1) is 0 Å². The summed E-state index contributed by atoms with van der Waals surface area (Å²) >= 11 is 0. The summed E-state index contributed by atoms with van der Waals surface area (Å²) in [5.74, 6) is 0. The Bertz CT molecular complexity index is 74.4. The SMILES string of the molecule is CCCCCCCCCCCCN.[N]. The van der Waals surface area contributed by atoms with Crippen molar-refractivity contribution in [3.05, 3.63) is 0 Å². The zero-order valence-electron chi connectivity index (χ0n) is 9.80. The average molecular weight is 199 g/mol. The molecule has 0 aliphatic carbocycles. The molecule has 0 spiro atoms. The fourth-order valence-electron chi connectivity index (χ4n) is 1.63. The second-order valence-electron chi connectivity index (χ2n) is 3.97. The van der Waals surface area contributed by atoms with Crippen molar-refractivity contribution < 1.29 is 0 Å². The number of nitrogens with zero attached hydrogens (tertiary/aromatic N) is 1. The predicted octanol–water partition coefficient (Wildman–Crippen LogP) is 3.39. The highest BCUT2D eigenvalue weighted by Gasteiger charge is 1.90. The molecule has 0 aliphatic rings. The van der Waals surface area contributed by atoms with Crippen molar-refractivity contribution in [2.45, 2.75) is 71.1 Å². The molecular weight excluding hydrogens is 172 g/mol. The van der Waals surface area contributed by atoms with Crippen molar-refractivity contribution in [3.63, 3.8) is 0 Å². The normalized spacial score (nSPS) is 9.86. The van der Waals surface area contributed by atoms with E-state index in [4.69, 9.17) is 5.73 Å². The Balaban J connectivity index is 0. The first-order valence-corrected chi connectivity index (χ1v) is 6.12. The largest absolute Gasteiger partial charge is 0.330 e. The summed E-state index contributed by atoms with van der Waals surface area (Å²) in [6.45, 7) is 3.14. The maximum atomic E-state index is 5.42. The third kappa shape index (κ3) is 14.4. The summed E-state index contributed by atoms with van der Waals surface area (Å²) in [6, 6.07) is 0. The Morgan fingerprint density at radius 3 is 1.36 bits per heavy atom. The van der Waals surface area contributed by atoms with Crippen LogP contribution in [0.3, 0.4) is 0 Å². The van der Waals surface area contributed by atoms with E-state index in [9.17, 15) is 0 Å². The molecule has 0 fully saturated rings. The molecule has 0 aliphatic heterocycles. The maximum absolute atomic E-state index is 5.42. The molecular formula is C12H27N2. The molecule has 0 atom stereocenters. The lowest BCUT2D eigenvalue weighted by Crippen LogP contribution is -1.97. The highest BCUT2D eigenvalue weighted by molar-refractivity contribution is 4.47. The minimum atomic E-state index is 0. The first-order valence-electron chi connectivity index (χ1n) is 6.12. The third-order valence-electron chi connectivity index (χ3n) is 2.56. The van der Waals surface area contributed by atoms with Crippen LogP contribution in [0.2, 0.25) is 0 Å². The molecule has 0 heterocycles. The number of nitrogens with two attached hydrogens (primary N) is 1. The van der Waals surface area contributed by atoms with Crippen molar-refractivity contribution in [1.82, 2.24) is 6.15 Å². The van der Waals surface area contributed by atoms with Crippen LogP contribution in [0.15, 0.2) is 0 Å². The highest BCUT2D eigenvalue weighted by atomic mass is 14.5. The van der Waals surface area contributed by atoms with E-state index in [0.717, 1.165) is 6.54 Å². The Labute approximate surface area is 90.2 Å². The van der Waals surface area contributed by atoms with Gasteiger partial charge in [0.15, 0.2) is 0 Å². The molecule has 0 aromatic rings. The van der Waals surface area contributed by atoms with Crippen molar-refractivity contribution in [3.8, 4) is 0 Å². The third-order valence-corrected chi connectivity index (χ3v) is 2.56. The van der Waals surface area contributed by atoms with Crippen LogP contribution in [0.5, 0.6) is 0 Å². The van der Waals surface area contributed by atoms with Crippen LogP contribution in [0.25, 0.3) is 0 Å². The average Bonchev–Trinajstić information content (AvgIpc) is 2.16. The van der Waals surface area contributed by atoms with Crippen molar-refractivity contribution in [2.75, 3.05) is 6.54 Å². The van der Waals surface area contributed by atoms with Crippen LogP contribution in [-0.2, 0) is 0 Å². The summed E-state index contributed by atoms with van der Waals surface area (Å²) in [7, 11) is 0. The quantitative estimate of drug-likeness (QED) is 0.539. The van der Waals surface area contributed by atoms with E-state index in [0.29, 0.717) is 0 Å². The fraction of sp³-hybridized carbons (Fsp3) is 1.00. The smallest absolute Gasteiger partial charge is 0 e. The highest BCUT2D eigenvalue weighted by Crippen LogP contribution is 2.09. The van der Waals surface area contributed by atoms with Gasteiger partial charge < -0.3 is 5.73 Å². The molecule has 0 saturated carbocycles. The van der Waals surface area contributed by atoms with E-state index in [1.165, 1.54) is 64.2 Å². The lowest BCUT2D eigenvalue weighted by atomic mass is 10.1. The van der Waals surface area contributed by atoms with Crippen LogP contribution >= 0.6 is 0 Å². The molecule has 0 unspecified atom stereocenters. The van der Waals surface area contributed by atoms with Gasteiger partial charge in [0.25, 0.3) is 0 Å². The monoisotopic (exact) mass is 199 g/mol. The maximum Gasteiger partial charge on any atom is 0 e. The van der Waals surface area contributed by atoms with E-state index < -0.39 is 0 Å². The molecule has 0 rings (SSSR count). The molecule has 0 amide bonds. The van der Waals surface area contributed by atoms with Gasteiger partial charge in [0.05, 0.1) is 0 Å². The van der Waals surface area contributed by atoms with Crippen LogP contribution in [0.1, 0.15) is 71.1 Å². The standard InChI is InChI=1S/C12H27N.N/c1-2-3-4-5-6-7-8-9-10-11-12-13;/h2-13H2,1H3;. The van der Waals surface area contributed by atoms with Crippen molar-refractivity contribution >= 4 is 0 Å². The molecule has 0 aromatic heterocycles.